The Morgan fingerprint density at radius 3 is 2.38 bits per heavy atom. The zero-order chi connectivity index (χ0) is 23.5. The maximum Gasteiger partial charge on any atom is 0.418 e. The summed E-state index contributed by atoms with van der Waals surface area (Å²) in [5, 5.41) is 6.87. The summed E-state index contributed by atoms with van der Waals surface area (Å²) in [5.41, 5.74) is -2.19. The number of rotatable bonds is 5. The zero-order valence-electron chi connectivity index (χ0n) is 18.6. The molecule has 1 heterocycles. The van der Waals surface area contributed by atoms with Gasteiger partial charge in [0.1, 0.15) is 0 Å². The van der Waals surface area contributed by atoms with Crippen LogP contribution in [0, 0.1) is 6.92 Å². The molecule has 0 spiro atoms. The van der Waals surface area contributed by atoms with Crippen molar-refractivity contribution in [3.63, 3.8) is 0 Å². The Balaban J connectivity index is 1.93. The molecule has 1 aliphatic carbocycles. The number of nitrogens with zero attached hydrogens (tertiary/aromatic N) is 3. The van der Waals surface area contributed by atoms with Crippen LogP contribution < -0.4 is 10.7 Å². The van der Waals surface area contributed by atoms with Crippen LogP contribution in [0.2, 0.25) is 0 Å². The number of likely N-dealkylation sites (N-methyl/N-ethyl adjacent to an activating group) is 1. The normalized spacial score (nSPS) is 16.6. The summed E-state index contributed by atoms with van der Waals surface area (Å²) < 4.78 is 41.5. The van der Waals surface area contributed by atoms with Gasteiger partial charge in [-0.05, 0) is 46.0 Å². The first-order valence-corrected chi connectivity index (χ1v) is 10.8. The monoisotopic (exact) mass is 450 g/mol. The van der Waals surface area contributed by atoms with E-state index in [0.29, 0.717) is 6.54 Å². The number of carbonyl (C=O) groups excluding carboxylic acids is 1. The standard InChI is InChI=1S/C23H29F3N4O2/c1-16-14-19(31)20(28-30(16)18-11-7-6-10-17(18)23(24,25)26)21(32)27-15-22(29(2)3)12-8-4-5-9-13-22/h6-7,10-11,14H,4-5,8-9,12-13,15H2,1-3H3,(H,27,32). The second-order valence-corrected chi connectivity index (χ2v) is 8.64. The lowest BCUT2D eigenvalue weighted by molar-refractivity contribution is -0.137. The Morgan fingerprint density at radius 2 is 1.78 bits per heavy atom. The number of carbonyl (C=O) groups is 1. The molecular formula is C23H29F3N4O2. The molecule has 1 amide bonds. The van der Waals surface area contributed by atoms with Gasteiger partial charge in [-0.3, -0.25) is 9.59 Å². The lowest BCUT2D eigenvalue weighted by Crippen LogP contribution is -2.53. The van der Waals surface area contributed by atoms with Crippen LogP contribution in [0.3, 0.4) is 0 Å². The van der Waals surface area contributed by atoms with Crippen LogP contribution >= 0.6 is 0 Å². The first kappa shape index (κ1) is 24.0. The molecule has 3 rings (SSSR count). The van der Waals surface area contributed by atoms with Crippen molar-refractivity contribution in [2.24, 2.45) is 0 Å². The number of aryl methyl sites for hydroxylation is 1. The maximum absolute atomic E-state index is 13.5. The van der Waals surface area contributed by atoms with E-state index in [1.807, 2.05) is 14.1 Å². The van der Waals surface area contributed by atoms with Gasteiger partial charge in [-0.25, -0.2) is 4.68 Å². The van der Waals surface area contributed by atoms with E-state index in [4.69, 9.17) is 0 Å². The molecule has 1 saturated carbocycles. The molecule has 1 aromatic carbocycles. The minimum Gasteiger partial charge on any atom is -0.349 e. The third-order valence-electron chi connectivity index (χ3n) is 6.32. The lowest BCUT2D eigenvalue weighted by atomic mass is 9.88. The van der Waals surface area contributed by atoms with Crippen molar-refractivity contribution in [2.45, 2.75) is 57.2 Å². The first-order valence-electron chi connectivity index (χ1n) is 10.8. The first-order chi connectivity index (χ1) is 15.0. The Morgan fingerprint density at radius 1 is 1.16 bits per heavy atom. The van der Waals surface area contributed by atoms with Gasteiger partial charge in [-0.1, -0.05) is 37.8 Å². The molecule has 2 aromatic rings. The number of halogens is 3. The molecule has 1 N–H and O–H groups in total. The molecule has 0 radical (unpaired) electrons. The van der Waals surface area contributed by atoms with Crippen LogP contribution in [-0.4, -0.2) is 46.8 Å². The van der Waals surface area contributed by atoms with Crippen LogP contribution in [0.15, 0.2) is 35.1 Å². The number of benzene rings is 1. The second kappa shape index (κ2) is 9.44. The Labute approximate surface area is 185 Å². The highest BCUT2D eigenvalue weighted by molar-refractivity contribution is 5.92. The van der Waals surface area contributed by atoms with E-state index in [9.17, 15) is 22.8 Å². The van der Waals surface area contributed by atoms with Crippen LogP contribution in [0.25, 0.3) is 5.69 Å². The Kier molecular flexibility index (Phi) is 7.07. The molecule has 0 atom stereocenters. The van der Waals surface area contributed by atoms with Gasteiger partial charge in [0.2, 0.25) is 5.43 Å². The number of hydrogen-bond acceptors (Lipinski definition) is 4. The van der Waals surface area contributed by atoms with Crippen molar-refractivity contribution in [2.75, 3.05) is 20.6 Å². The fraction of sp³-hybridized carbons (Fsp3) is 0.522. The van der Waals surface area contributed by atoms with Gasteiger partial charge in [0.15, 0.2) is 5.69 Å². The van der Waals surface area contributed by atoms with Crippen LogP contribution in [-0.2, 0) is 6.18 Å². The van der Waals surface area contributed by atoms with Gasteiger partial charge in [0.05, 0.1) is 11.3 Å². The molecule has 0 aliphatic heterocycles. The summed E-state index contributed by atoms with van der Waals surface area (Å²) in [6, 6.07) is 6.09. The largest absolute Gasteiger partial charge is 0.418 e. The maximum atomic E-state index is 13.5. The fourth-order valence-electron chi connectivity index (χ4n) is 4.34. The molecule has 1 aromatic heterocycles. The molecule has 174 valence electrons. The SMILES string of the molecule is Cc1cc(=O)c(C(=O)NCC2(N(C)C)CCCCCC2)nn1-c1ccccc1C(F)(F)F. The zero-order valence-corrected chi connectivity index (χ0v) is 18.6. The van der Waals surface area contributed by atoms with E-state index < -0.39 is 28.8 Å². The summed E-state index contributed by atoms with van der Waals surface area (Å²) in [6.45, 7) is 1.82. The molecule has 0 bridgehead atoms. The number of aromatic nitrogens is 2. The molecule has 1 aliphatic rings. The second-order valence-electron chi connectivity index (χ2n) is 8.64. The summed E-state index contributed by atoms with van der Waals surface area (Å²) in [7, 11) is 3.95. The molecule has 0 saturated heterocycles. The summed E-state index contributed by atoms with van der Waals surface area (Å²) in [6.07, 6.45) is 1.64. The van der Waals surface area contributed by atoms with E-state index in [2.05, 4.69) is 15.3 Å². The third-order valence-corrected chi connectivity index (χ3v) is 6.32. The smallest absolute Gasteiger partial charge is 0.349 e. The minimum atomic E-state index is -4.60. The Hall–Kier alpha value is -2.68. The van der Waals surface area contributed by atoms with Gasteiger partial charge in [0, 0.05) is 23.8 Å². The van der Waals surface area contributed by atoms with Crippen LogP contribution in [0.5, 0.6) is 0 Å². The molecule has 9 heteroatoms. The van der Waals surface area contributed by atoms with Gasteiger partial charge in [-0.15, -0.1) is 0 Å². The summed E-state index contributed by atoms with van der Waals surface area (Å²) >= 11 is 0. The van der Waals surface area contributed by atoms with E-state index in [1.165, 1.54) is 25.1 Å². The predicted octanol–water partition coefficient (Wildman–Crippen LogP) is 3.94. The van der Waals surface area contributed by atoms with E-state index >= 15 is 0 Å². The number of para-hydroxylation sites is 1. The van der Waals surface area contributed by atoms with Gasteiger partial charge >= 0.3 is 6.18 Å². The number of hydrogen-bond donors (Lipinski definition) is 1. The van der Waals surface area contributed by atoms with Gasteiger partial charge in [0.25, 0.3) is 5.91 Å². The van der Waals surface area contributed by atoms with Crippen molar-refractivity contribution in [1.82, 2.24) is 20.0 Å². The third kappa shape index (κ3) is 5.03. The van der Waals surface area contributed by atoms with Crippen molar-refractivity contribution >= 4 is 5.91 Å². The number of amides is 1. The molecule has 6 nitrogen and oxygen atoms in total. The van der Waals surface area contributed by atoms with E-state index in [1.54, 1.807) is 0 Å². The average molecular weight is 451 g/mol. The number of nitrogens with one attached hydrogen (secondary N) is 1. The summed E-state index contributed by atoms with van der Waals surface area (Å²) in [4.78, 5) is 27.5. The highest BCUT2D eigenvalue weighted by atomic mass is 19.4. The van der Waals surface area contributed by atoms with Crippen molar-refractivity contribution in [3.05, 3.63) is 57.5 Å². The van der Waals surface area contributed by atoms with Crippen LogP contribution in [0.4, 0.5) is 13.2 Å². The molecule has 0 unspecified atom stereocenters. The molecule has 1 fully saturated rings. The topological polar surface area (TPSA) is 67.2 Å². The van der Waals surface area contributed by atoms with Crippen molar-refractivity contribution in [1.29, 1.82) is 0 Å². The van der Waals surface area contributed by atoms with E-state index in [0.717, 1.165) is 55.3 Å². The number of alkyl halides is 3. The van der Waals surface area contributed by atoms with Crippen molar-refractivity contribution < 1.29 is 18.0 Å². The summed E-state index contributed by atoms with van der Waals surface area (Å²) in [5.74, 6) is -0.682. The minimum absolute atomic E-state index is 0.205. The highest BCUT2D eigenvalue weighted by Gasteiger charge is 2.35. The predicted molar refractivity (Wildman–Crippen MR) is 116 cm³/mol. The van der Waals surface area contributed by atoms with Crippen molar-refractivity contribution in [3.8, 4) is 5.69 Å². The highest BCUT2D eigenvalue weighted by Crippen LogP contribution is 2.34. The fourth-order valence-corrected chi connectivity index (χ4v) is 4.34. The van der Waals surface area contributed by atoms with E-state index in [-0.39, 0.29) is 16.9 Å². The Bertz CT molecular complexity index is 1020. The van der Waals surface area contributed by atoms with Crippen LogP contribution in [0.1, 0.15) is 60.3 Å². The van der Waals surface area contributed by atoms with Gasteiger partial charge in [-0.2, -0.15) is 18.3 Å². The lowest BCUT2D eigenvalue weighted by Gasteiger charge is -2.39. The molecular weight excluding hydrogens is 421 g/mol. The average Bonchev–Trinajstić information content (AvgIpc) is 2.98. The van der Waals surface area contributed by atoms with Gasteiger partial charge < -0.3 is 10.2 Å². The molecule has 32 heavy (non-hydrogen) atoms. The quantitative estimate of drug-likeness (QED) is 0.701.